The third kappa shape index (κ3) is 42.5. The zero-order chi connectivity index (χ0) is 45.4. The molecule has 0 aromatic heterocycles. The van der Waals surface area contributed by atoms with Gasteiger partial charge in [-0.1, -0.05) is 294 Å². The molecule has 6 N–H and O–H groups in total. The van der Waals surface area contributed by atoms with Gasteiger partial charge in [0.2, 0.25) is 0 Å². The summed E-state index contributed by atoms with van der Waals surface area (Å²) in [5, 5.41) is 17.4. The lowest BCUT2D eigenvalue weighted by Gasteiger charge is -2.14. The summed E-state index contributed by atoms with van der Waals surface area (Å²) in [5.74, 6) is 0. The lowest BCUT2D eigenvalue weighted by Crippen LogP contribution is -2.03. The van der Waals surface area contributed by atoms with Crippen LogP contribution in [0.25, 0.3) is 10.8 Å². The molecular formula is C56H102N2O4. The lowest BCUT2D eigenvalue weighted by molar-refractivity contribution is 0.204. The van der Waals surface area contributed by atoms with E-state index in [9.17, 15) is 0 Å². The van der Waals surface area contributed by atoms with Crippen molar-refractivity contribution in [3.05, 3.63) is 47.5 Å². The largest absolute Gasteiger partial charge is 0.465 e. The summed E-state index contributed by atoms with van der Waals surface area (Å²) in [5.41, 5.74) is 11.4. The first-order chi connectivity index (χ1) is 30.3. The number of nitrogens with two attached hydrogens (primary N) is 2. The molecule has 0 atom stereocenters. The average molecular weight is 867 g/mol. The number of unbranched alkanes of at least 4 members (excludes halogenated alkanes) is 38. The van der Waals surface area contributed by atoms with Crippen molar-refractivity contribution in [1.29, 1.82) is 0 Å². The van der Waals surface area contributed by atoms with Gasteiger partial charge in [0.05, 0.1) is 0 Å². The summed E-state index contributed by atoms with van der Waals surface area (Å²) >= 11 is 0. The van der Waals surface area contributed by atoms with Gasteiger partial charge in [-0.2, -0.15) is 0 Å². The van der Waals surface area contributed by atoms with Gasteiger partial charge in [-0.25, -0.2) is 9.59 Å². The molecule has 6 heteroatoms. The van der Waals surface area contributed by atoms with Crippen LogP contribution in [0, 0.1) is 0 Å². The van der Waals surface area contributed by atoms with Crippen molar-refractivity contribution in [2.45, 2.75) is 284 Å². The van der Waals surface area contributed by atoms with Gasteiger partial charge in [0.1, 0.15) is 0 Å². The van der Waals surface area contributed by atoms with Crippen LogP contribution in [-0.4, -0.2) is 22.4 Å². The highest BCUT2D eigenvalue weighted by Crippen LogP contribution is 2.27. The van der Waals surface area contributed by atoms with E-state index in [1.54, 1.807) is 11.1 Å². The molecule has 2 aromatic rings. The predicted octanol–water partition coefficient (Wildman–Crippen LogP) is 18.8. The molecule has 2 rings (SSSR count). The minimum atomic E-state index is -1.33. The fourth-order valence-corrected chi connectivity index (χ4v) is 9.04. The van der Waals surface area contributed by atoms with Crippen LogP contribution in [0.2, 0.25) is 0 Å². The third-order valence-corrected chi connectivity index (χ3v) is 12.7. The number of amides is 2. The standard InChI is InChI=1S/C54H96.2CH3NO2/c1-3-5-7-9-11-13-15-17-19-21-23-25-27-29-31-33-35-37-39-41-45-51-49-50-52-46-43-44-48-54(52)53(51)47-42-40-38-36-34-32-30-28-26-24-22-20-18-16-14-12-10-8-6-4-2;2*2-1(3)4/h43-44,46,48-50H,3-42,45,47H2,1-2H3;2*2H2,(H,3,4). The fraction of sp³-hybridized carbons (Fsp3) is 0.786. The molecule has 0 heterocycles. The van der Waals surface area contributed by atoms with Crippen LogP contribution >= 0.6 is 0 Å². The molecule has 2 amide bonds. The van der Waals surface area contributed by atoms with E-state index < -0.39 is 12.2 Å². The number of fused-ring (bicyclic) bond motifs is 1. The fourth-order valence-electron chi connectivity index (χ4n) is 9.04. The maximum Gasteiger partial charge on any atom is 0.402 e. The van der Waals surface area contributed by atoms with E-state index in [0.29, 0.717) is 0 Å². The molecule has 0 aliphatic heterocycles. The second-order valence-corrected chi connectivity index (χ2v) is 18.5. The monoisotopic (exact) mass is 867 g/mol. The SMILES string of the molecule is CCCCCCCCCCCCCCCCCCCCCCc1ccc2ccccc2c1CCCCCCCCCCCCCCCCCCCCCC.NC(=O)O.NC(=O)O. The molecular weight excluding hydrogens is 765 g/mol. The Morgan fingerprint density at radius 2 is 0.597 bits per heavy atom. The minimum Gasteiger partial charge on any atom is -0.465 e. The van der Waals surface area contributed by atoms with Crippen LogP contribution in [-0.2, 0) is 12.8 Å². The van der Waals surface area contributed by atoms with E-state index in [-0.39, 0.29) is 0 Å². The van der Waals surface area contributed by atoms with Crippen molar-refractivity contribution in [1.82, 2.24) is 0 Å². The zero-order valence-corrected chi connectivity index (χ0v) is 41.0. The van der Waals surface area contributed by atoms with Crippen molar-refractivity contribution in [3.63, 3.8) is 0 Å². The number of hydrogen-bond acceptors (Lipinski definition) is 2. The van der Waals surface area contributed by atoms with Gasteiger partial charge in [-0.3, -0.25) is 0 Å². The van der Waals surface area contributed by atoms with Crippen molar-refractivity contribution >= 4 is 23.0 Å². The number of benzene rings is 2. The van der Waals surface area contributed by atoms with Crippen molar-refractivity contribution in [3.8, 4) is 0 Å². The predicted molar refractivity (Wildman–Crippen MR) is 272 cm³/mol. The molecule has 0 unspecified atom stereocenters. The van der Waals surface area contributed by atoms with E-state index in [1.807, 2.05) is 0 Å². The summed E-state index contributed by atoms with van der Waals surface area (Å²) in [6, 6.07) is 14.0. The molecule has 0 fully saturated rings. The number of aryl methyl sites for hydroxylation is 2. The highest BCUT2D eigenvalue weighted by molar-refractivity contribution is 5.86. The summed E-state index contributed by atoms with van der Waals surface area (Å²) < 4.78 is 0. The molecule has 0 aliphatic rings. The highest BCUT2D eigenvalue weighted by atomic mass is 16.4. The normalized spacial score (nSPS) is 10.9. The Bertz CT molecular complexity index is 1230. The maximum atomic E-state index is 8.78. The lowest BCUT2D eigenvalue weighted by atomic mass is 9.91. The first kappa shape index (κ1) is 59.2. The van der Waals surface area contributed by atoms with Crippen LogP contribution in [0.4, 0.5) is 9.59 Å². The molecule has 0 bridgehead atoms. The number of rotatable bonds is 42. The van der Waals surface area contributed by atoms with E-state index in [0.717, 1.165) is 0 Å². The van der Waals surface area contributed by atoms with Crippen LogP contribution in [0.15, 0.2) is 36.4 Å². The molecule has 360 valence electrons. The summed E-state index contributed by atoms with van der Waals surface area (Å²) in [7, 11) is 0. The van der Waals surface area contributed by atoms with E-state index >= 15 is 0 Å². The number of carbonyl (C=O) groups is 2. The number of primary amides is 2. The first-order valence-corrected chi connectivity index (χ1v) is 26.8. The Morgan fingerprint density at radius 1 is 0.355 bits per heavy atom. The van der Waals surface area contributed by atoms with Crippen LogP contribution in [0.5, 0.6) is 0 Å². The minimum absolute atomic E-state index is 1.27. The molecule has 0 saturated heterocycles. The van der Waals surface area contributed by atoms with Gasteiger partial charge < -0.3 is 21.7 Å². The Hall–Kier alpha value is -2.76. The molecule has 2 aromatic carbocycles. The van der Waals surface area contributed by atoms with Gasteiger partial charge in [0.25, 0.3) is 0 Å². The first-order valence-electron chi connectivity index (χ1n) is 26.8. The van der Waals surface area contributed by atoms with Gasteiger partial charge in [-0.05, 0) is 47.6 Å². The molecule has 0 spiro atoms. The van der Waals surface area contributed by atoms with Gasteiger partial charge in [-0.15, -0.1) is 0 Å². The van der Waals surface area contributed by atoms with Crippen molar-refractivity contribution < 1.29 is 19.8 Å². The maximum absolute atomic E-state index is 8.78. The Balaban J connectivity index is 0.00000426. The summed E-state index contributed by atoms with van der Waals surface area (Å²) in [4.78, 5) is 17.6. The highest BCUT2D eigenvalue weighted by Gasteiger charge is 2.08. The Kier molecular flexibility index (Phi) is 45.6. The molecule has 62 heavy (non-hydrogen) atoms. The summed E-state index contributed by atoms with van der Waals surface area (Å²) in [6.45, 7) is 4.62. The van der Waals surface area contributed by atoms with E-state index in [2.05, 4.69) is 61.7 Å². The topological polar surface area (TPSA) is 127 Å². The van der Waals surface area contributed by atoms with Crippen LogP contribution < -0.4 is 11.5 Å². The second-order valence-electron chi connectivity index (χ2n) is 18.5. The van der Waals surface area contributed by atoms with Crippen molar-refractivity contribution in [2.24, 2.45) is 11.5 Å². The zero-order valence-electron chi connectivity index (χ0n) is 41.0. The van der Waals surface area contributed by atoms with Crippen molar-refractivity contribution in [2.75, 3.05) is 0 Å². The number of carboxylic acid groups (broad SMARTS) is 2. The Morgan fingerprint density at radius 3 is 0.887 bits per heavy atom. The van der Waals surface area contributed by atoms with Gasteiger partial charge in [0.15, 0.2) is 0 Å². The smallest absolute Gasteiger partial charge is 0.402 e. The quantitative estimate of drug-likeness (QED) is 0.0496. The molecule has 0 saturated carbocycles. The van der Waals surface area contributed by atoms with Crippen LogP contribution in [0.1, 0.15) is 282 Å². The summed E-state index contributed by atoms with van der Waals surface area (Å²) in [6.07, 6.45) is 58.0. The van der Waals surface area contributed by atoms with E-state index in [4.69, 9.17) is 19.8 Å². The van der Waals surface area contributed by atoms with Gasteiger partial charge >= 0.3 is 12.2 Å². The van der Waals surface area contributed by atoms with Gasteiger partial charge in [0, 0.05) is 0 Å². The molecule has 6 nitrogen and oxygen atoms in total. The second kappa shape index (κ2) is 47.7. The average Bonchev–Trinajstić information content (AvgIpc) is 3.25. The third-order valence-electron chi connectivity index (χ3n) is 12.7. The molecule has 0 radical (unpaired) electrons. The van der Waals surface area contributed by atoms with Crippen LogP contribution in [0.3, 0.4) is 0 Å². The molecule has 0 aliphatic carbocycles. The number of hydrogen-bond donors (Lipinski definition) is 4. The Labute approximate surface area is 384 Å². The van der Waals surface area contributed by atoms with E-state index in [1.165, 1.54) is 280 Å².